The first kappa shape index (κ1) is 29.0. The van der Waals surface area contributed by atoms with Crippen LogP contribution in [0.1, 0.15) is 21.6 Å². The number of aryl methyl sites for hydroxylation is 1. The van der Waals surface area contributed by atoms with Gasteiger partial charge in [0.15, 0.2) is 11.6 Å². The first-order valence-electron chi connectivity index (χ1n) is 12.8. The zero-order valence-electron chi connectivity index (χ0n) is 22.7. The van der Waals surface area contributed by atoms with E-state index in [-0.39, 0.29) is 49.7 Å². The number of halogens is 3. The third kappa shape index (κ3) is 5.17. The van der Waals surface area contributed by atoms with E-state index >= 15 is 4.39 Å². The molecule has 0 aliphatic heterocycles. The second-order valence-electron chi connectivity index (χ2n) is 9.79. The van der Waals surface area contributed by atoms with Gasteiger partial charge in [0.1, 0.15) is 11.6 Å². The summed E-state index contributed by atoms with van der Waals surface area (Å²) in [5.41, 5.74) is 7.67. The van der Waals surface area contributed by atoms with Gasteiger partial charge in [-0.3, -0.25) is 4.79 Å². The minimum absolute atomic E-state index is 0.0145. The number of nitrogens with two attached hydrogens (primary N) is 2. The number of pyridine rings is 1. The number of aromatic nitrogens is 4. The normalized spacial score (nSPS) is 11.7. The van der Waals surface area contributed by atoms with E-state index in [4.69, 9.17) is 27.2 Å². The Hall–Kier alpha value is -5.11. The number of nitrogen functional groups attached to an aromatic ring is 1. The zero-order chi connectivity index (χ0) is 31.3. The van der Waals surface area contributed by atoms with Gasteiger partial charge in [0.05, 0.1) is 34.2 Å². The molecule has 0 saturated carbocycles. The molecular formula is C30H21ClF2N6O4S. The Labute approximate surface area is 253 Å². The van der Waals surface area contributed by atoms with Gasteiger partial charge in [0.2, 0.25) is 21.7 Å². The van der Waals surface area contributed by atoms with E-state index in [1.54, 1.807) is 25.1 Å². The first-order chi connectivity index (χ1) is 20.9. The Bertz CT molecular complexity index is 2230. The lowest BCUT2D eigenvalue weighted by molar-refractivity contribution is 0.103. The summed E-state index contributed by atoms with van der Waals surface area (Å²) in [6, 6.07) is 15.5. The largest absolute Gasteiger partial charge is 0.436 e. The van der Waals surface area contributed by atoms with Crippen LogP contribution in [0.4, 0.5) is 14.6 Å². The smallest absolute Gasteiger partial charge is 0.238 e. The van der Waals surface area contributed by atoms with Gasteiger partial charge in [-0.1, -0.05) is 29.8 Å². The van der Waals surface area contributed by atoms with Crippen LogP contribution < -0.4 is 15.6 Å². The topological polar surface area (TPSA) is 159 Å². The first-order valence-corrected chi connectivity index (χ1v) is 14.8. The van der Waals surface area contributed by atoms with Crippen LogP contribution in [0.3, 0.4) is 0 Å². The molecule has 5 N–H and O–H groups in total. The Morgan fingerprint density at radius 3 is 2.52 bits per heavy atom. The van der Waals surface area contributed by atoms with Crippen LogP contribution in [-0.2, 0) is 10.0 Å². The maximum absolute atomic E-state index is 15.3. The lowest BCUT2D eigenvalue weighted by atomic mass is 10.0. The predicted molar refractivity (Wildman–Crippen MR) is 160 cm³/mol. The van der Waals surface area contributed by atoms with Crippen LogP contribution in [0.15, 0.2) is 84.0 Å². The maximum atomic E-state index is 15.3. The number of rotatable bonds is 7. The molecule has 0 saturated heterocycles. The van der Waals surface area contributed by atoms with E-state index < -0.39 is 27.4 Å². The second kappa shape index (κ2) is 10.9. The fourth-order valence-corrected chi connectivity index (χ4v) is 5.89. The van der Waals surface area contributed by atoms with Crippen molar-refractivity contribution >= 4 is 44.1 Å². The van der Waals surface area contributed by atoms with Crippen LogP contribution in [-0.4, -0.2) is 33.9 Å². The fourth-order valence-electron chi connectivity index (χ4n) is 4.78. The molecule has 0 aliphatic carbocycles. The molecule has 3 aromatic heterocycles. The van der Waals surface area contributed by atoms with E-state index in [9.17, 15) is 17.6 Å². The number of benzene rings is 3. The number of hydrogen-bond acceptors (Lipinski definition) is 7. The molecule has 0 atom stereocenters. The molecule has 0 amide bonds. The number of primary sulfonamides is 1. The molecule has 0 unspecified atom stereocenters. The highest BCUT2D eigenvalue weighted by molar-refractivity contribution is 7.89. The van der Waals surface area contributed by atoms with Crippen molar-refractivity contribution < 1.29 is 26.7 Å². The number of ether oxygens (including phenoxy) is 1. The average molecular weight is 635 g/mol. The monoisotopic (exact) mass is 634 g/mol. The molecule has 10 nitrogen and oxygen atoms in total. The summed E-state index contributed by atoms with van der Waals surface area (Å²) >= 11 is 6.26. The van der Waals surface area contributed by atoms with Gasteiger partial charge < -0.3 is 15.5 Å². The SMILES string of the molecule is Cc1cc(Oc2ccccc2F)ncc1-n1ncc(C(=O)c2cc3cc(F)c(-c4c(Cl)cccc4S(N)(=O)=O)cc3[nH]2)c1N. The molecule has 14 heteroatoms. The van der Waals surface area contributed by atoms with Crippen molar-refractivity contribution in [2.24, 2.45) is 5.14 Å². The number of nitrogens with one attached hydrogen (secondary N) is 1. The number of fused-ring (bicyclic) bond motifs is 1. The average Bonchev–Trinajstić information content (AvgIpc) is 3.56. The molecule has 6 rings (SSSR count). The molecule has 0 fully saturated rings. The molecule has 44 heavy (non-hydrogen) atoms. The number of anilines is 1. The number of ketones is 1. The molecule has 6 aromatic rings. The standard InChI is InChI=1S/C30H21ClF2N6O4S/c1-15-9-27(43-25-7-3-2-6-20(25)32)36-14-24(15)39-30(34)18(13-37-39)29(40)23-11-16-10-21(33)17(12-22(16)38-23)28-19(31)5-4-8-26(28)44(35,41)42/h2-14,38H,34H2,1H3,(H2,35,41,42). The van der Waals surface area contributed by atoms with Gasteiger partial charge in [-0.15, -0.1) is 0 Å². The van der Waals surface area contributed by atoms with Gasteiger partial charge in [-0.05, 0) is 55.0 Å². The Morgan fingerprint density at radius 1 is 1.02 bits per heavy atom. The van der Waals surface area contributed by atoms with Crippen LogP contribution in [0.25, 0.3) is 27.7 Å². The number of nitrogens with zero attached hydrogens (tertiary/aromatic N) is 3. The van der Waals surface area contributed by atoms with Gasteiger partial charge in [-0.2, -0.15) is 5.10 Å². The zero-order valence-corrected chi connectivity index (χ0v) is 24.2. The van der Waals surface area contributed by atoms with E-state index in [2.05, 4.69) is 15.1 Å². The Balaban J connectivity index is 1.33. The number of carbonyl (C=O) groups is 1. The summed E-state index contributed by atoms with van der Waals surface area (Å²) in [6.45, 7) is 1.75. The number of H-pyrrole nitrogens is 1. The number of hydrogen-bond donors (Lipinski definition) is 3. The number of sulfonamides is 1. The van der Waals surface area contributed by atoms with E-state index in [0.717, 1.165) is 6.07 Å². The molecule has 3 aromatic carbocycles. The van der Waals surface area contributed by atoms with Gasteiger partial charge in [0.25, 0.3) is 0 Å². The van der Waals surface area contributed by atoms with Crippen LogP contribution in [0.2, 0.25) is 5.02 Å². The molecular weight excluding hydrogens is 614 g/mol. The minimum Gasteiger partial charge on any atom is -0.436 e. The molecule has 0 aliphatic rings. The van der Waals surface area contributed by atoms with Crippen molar-refractivity contribution in [1.82, 2.24) is 19.7 Å². The molecule has 0 spiro atoms. The molecule has 0 radical (unpaired) electrons. The molecule has 3 heterocycles. The second-order valence-corrected chi connectivity index (χ2v) is 11.7. The van der Waals surface area contributed by atoms with E-state index in [0.29, 0.717) is 22.2 Å². The lowest BCUT2D eigenvalue weighted by Gasteiger charge is -2.11. The number of para-hydroxylation sites is 1. The van der Waals surface area contributed by atoms with Crippen molar-refractivity contribution in [3.63, 3.8) is 0 Å². The van der Waals surface area contributed by atoms with E-state index in [1.165, 1.54) is 59.5 Å². The predicted octanol–water partition coefficient (Wildman–Crippen LogP) is 5.91. The molecule has 0 bridgehead atoms. The third-order valence-corrected chi connectivity index (χ3v) is 8.16. The lowest BCUT2D eigenvalue weighted by Crippen LogP contribution is -2.13. The fraction of sp³-hybridized carbons (Fsp3) is 0.0333. The van der Waals surface area contributed by atoms with Crippen LogP contribution >= 0.6 is 11.6 Å². The highest BCUT2D eigenvalue weighted by Gasteiger charge is 2.24. The van der Waals surface area contributed by atoms with Crippen molar-refractivity contribution in [3.05, 3.63) is 113 Å². The molecule has 222 valence electrons. The van der Waals surface area contributed by atoms with Gasteiger partial charge >= 0.3 is 0 Å². The Morgan fingerprint density at radius 2 is 1.80 bits per heavy atom. The maximum Gasteiger partial charge on any atom is 0.238 e. The van der Waals surface area contributed by atoms with E-state index in [1.807, 2.05) is 0 Å². The highest BCUT2D eigenvalue weighted by Crippen LogP contribution is 2.37. The van der Waals surface area contributed by atoms with Gasteiger partial charge in [0, 0.05) is 33.1 Å². The quantitative estimate of drug-likeness (QED) is 0.184. The summed E-state index contributed by atoms with van der Waals surface area (Å²) in [5.74, 6) is -1.66. The Kier molecular flexibility index (Phi) is 7.16. The van der Waals surface area contributed by atoms with Crippen molar-refractivity contribution in [2.75, 3.05) is 5.73 Å². The van der Waals surface area contributed by atoms with Crippen LogP contribution in [0.5, 0.6) is 11.6 Å². The minimum atomic E-state index is -4.23. The summed E-state index contributed by atoms with van der Waals surface area (Å²) in [6.07, 6.45) is 2.72. The third-order valence-electron chi connectivity index (χ3n) is 6.89. The number of carbonyl (C=O) groups excluding carboxylic acids is 1. The summed E-state index contributed by atoms with van der Waals surface area (Å²) < 4.78 is 60.5. The number of aromatic amines is 1. The van der Waals surface area contributed by atoms with Crippen LogP contribution in [0, 0.1) is 18.6 Å². The van der Waals surface area contributed by atoms with Crippen molar-refractivity contribution in [1.29, 1.82) is 0 Å². The summed E-state index contributed by atoms with van der Waals surface area (Å²) in [7, 11) is -4.23. The van der Waals surface area contributed by atoms with Gasteiger partial charge in [-0.25, -0.2) is 32.0 Å². The highest BCUT2D eigenvalue weighted by atomic mass is 35.5. The summed E-state index contributed by atoms with van der Waals surface area (Å²) in [4.78, 5) is 20.3. The van der Waals surface area contributed by atoms with Crippen molar-refractivity contribution in [2.45, 2.75) is 11.8 Å². The summed E-state index contributed by atoms with van der Waals surface area (Å²) in [5, 5.41) is 9.92. The van der Waals surface area contributed by atoms with Crippen molar-refractivity contribution in [3.8, 4) is 28.4 Å².